The Hall–Kier alpha value is 0.486. The predicted octanol–water partition coefficient (Wildman–Crippen LogP) is 10.5. The van der Waals surface area contributed by atoms with Gasteiger partial charge in [-0.15, -0.1) is 0 Å². The molecule has 0 unspecified atom stereocenters. The van der Waals surface area contributed by atoms with Gasteiger partial charge in [-0.2, -0.15) is 0 Å². The van der Waals surface area contributed by atoms with Crippen LogP contribution in [-0.2, 0) is 4.43 Å². The Kier molecular flexibility index (Phi) is 18.2. The number of hydrogen-bond acceptors (Lipinski definition) is 1. The third kappa shape index (κ3) is 13.1. The van der Waals surface area contributed by atoms with E-state index in [1.165, 1.54) is 66.7 Å². The molecule has 0 aromatic rings. The zero-order valence-electron chi connectivity index (χ0n) is 21.8. The first-order valence-corrected chi connectivity index (χ1v) is 24.1. The van der Waals surface area contributed by atoms with Crippen LogP contribution in [0, 0.1) is 0 Å². The summed E-state index contributed by atoms with van der Waals surface area (Å²) in [4.78, 5) is 0. The van der Waals surface area contributed by atoms with Crippen LogP contribution in [0.4, 0.5) is 0 Å². The number of halogens is 1. The van der Waals surface area contributed by atoms with Crippen LogP contribution in [0.25, 0.3) is 0 Å². The SMILES string of the molecule is C=C(Cl)/C=C/[C@H](CC(=C)[CH2][Sn]([CH2]CCC)([CH2]CCC)[CH2]CCC)O[Si](CC)(CC)CC. The Bertz CT molecular complexity index is 497. The molecule has 0 heterocycles. The fraction of sp³-hybridized carbons (Fsp3) is 0.778. The van der Waals surface area contributed by atoms with E-state index in [2.05, 4.69) is 60.8 Å². The molecule has 0 rings (SSSR count). The first-order chi connectivity index (χ1) is 14.8. The van der Waals surface area contributed by atoms with Gasteiger partial charge in [-0.25, -0.2) is 0 Å². The summed E-state index contributed by atoms with van der Waals surface area (Å²) >= 11 is 3.85. The van der Waals surface area contributed by atoms with Crippen molar-refractivity contribution in [2.24, 2.45) is 0 Å². The van der Waals surface area contributed by atoms with Gasteiger partial charge in [-0.05, 0) is 0 Å². The van der Waals surface area contributed by atoms with Crippen molar-refractivity contribution in [2.75, 3.05) is 0 Å². The quantitative estimate of drug-likeness (QED) is 0.0797. The Morgan fingerprint density at radius 2 is 1.32 bits per heavy atom. The first-order valence-electron chi connectivity index (χ1n) is 13.1. The van der Waals surface area contributed by atoms with Gasteiger partial charge >= 0.3 is 207 Å². The van der Waals surface area contributed by atoms with Crippen LogP contribution < -0.4 is 0 Å². The van der Waals surface area contributed by atoms with E-state index >= 15 is 0 Å². The van der Waals surface area contributed by atoms with Gasteiger partial charge < -0.3 is 0 Å². The molecule has 1 nitrogen and oxygen atoms in total. The second kappa shape index (κ2) is 17.9. The van der Waals surface area contributed by atoms with E-state index in [1.807, 2.05) is 6.08 Å². The number of hydrogen-bond donors (Lipinski definition) is 0. The van der Waals surface area contributed by atoms with E-state index in [0.717, 1.165) is 6.42 Å². The van der Waals surface area contributed by atoms with Crippen LogP contribution in [0.3, 0.4) is 0 Å². The van der Waals surface area contributed by atoms with E-state index in [9.17, 15) is 0 Å². The zero-order valence-corrected chi connectivity index (χ0v) is 26.4. The maximum atomic E-state index is 6.88. The predicted molar refractivity (Wildman–Crippen MR) is 150 cm³/mol. The molecule has 0 spiro atoms. The first kappa shape index (κ1) is 31.5. The summed E-state index contributed by atoms with van der Waals surface area (Å²) in [5.41, 5.74) is 1.44. The normalized spacial score (nSPS) is 13.6. The van der Waals surface area contributed by atoms with Crippen LogP contribution >= 0.6 is 11.6 Å². The average Bonchev–Trinajstić information content (AvgIpc) is 2.76. The van der Waals surface area contributed by atoms with Gasteiger partial charge in [-0.1, -0.05) is 0 Å². The third-order valence-electron chi connectivity index (χ3n) is 7.12. The molecule has 0 N–H and O–H groups in total. The van der Waals surface area contributed by atoms with Crippen molar-refractivity contribution in [1.82, 2.24) is 0 Å². The number of unbranched alkanes of at least 4 members (excludes halogenated alkanes) is 3. The Labute approximate surface area is 206 Å². The summed E-state index contributed by atoms with van der Waals surface area (Å²) in [5, 5.41) is 0.582. The van der Waals surface area contributed by atoms with Gasteiger partial charge in [0.15, 0.2) is 0 Å². The average molecular weight is 576 g/mol. The summed E-state index contributed by atoms with van der Waals surface area (Å²) in [6.07, 6.45) is 13.4. The van der Waals surface area contributed by atoms with Gasteiger partial charge in [0.25, 0.3) is 0 Å². The molecule has 4 heteroatoms. The molecule has 0 bridgehead atoms. The van der Waals surface area contributed by atoms with E-state index in [-0.39, 0.29) is 6.10 Å². The molecular formula is C27H53ClOSiSn. The summed E-state index contributed by atoms with van der Waals surface area (Å²) in [6.45, 7) is 22.4. The molecule has 182 valence electrons. The molecule has 1 atom stereocenters. The maximum absolute atomic E-state index is 6.88. The monoisotopic (exact) mass is 576 g/mol. The van der Waals surface area contributed by atoms with Gasteiger partial charge in [-0.3, -0.25) is 0 Å². The molecular weight excluding hydrogens is 523 g/mol. The molecule has 0 radical (unpaired) electrons. The van der Waals surface area contributed by atoms with Crippen LogP contribution in [0.2, 0.25) is 35.9 Å². The van der Waals surface area contributed by atoms with Crippen LogP contribution in [0.15, 0.2) is 35.9 Å². The summed E-state index contributed by atoms with van der Waals surface area (Å²) < 4.78 is 12.9. The Morgan fingerprint density at radius 1 is 0.871 bits per heavy atom. The molecule has 0 aliphatic carbocycles. The summed E-state index contributed by atoms with van der Waals surface area (Å²) in [5.74, 6) is 0. The van der Waals surface area contributed by atoms with Crippen molar-refractivity contribution in [1.29, 1.82) is 0 Å². The Balaban J connectivity index is 5.57. The van der Waals surface area contributed by atoms with E-state index in [1.54, 1.807) is 13.3 Å². The molecule has 0 aromatic carbocycles. The minimum atomic E-state index is -2.22. The molecule has 0 aliphatic heterocycles. The van der Waals surface area contributed by atoms with Crippen molar-refractivity contribution in [2.45, 2.75) is 128 Å². The van der Waals surface area contributed by atoms with Crippen molar-refractivity contribution < 1.29 is 4.43 Å². The fourth-order valence-electron chi connectivity index (χ4n) is 4.86. The van der Waals surface area contributed by atoms with Gasteiger partial charge in [0.1, 0.15) is 0 Å². The van der Waals surface area contributed by atoms with Gasteiger partial charge in [0.05, 0.1) is 0 Å². The molecule has 0 saturated heterocycles. The van der Waals surface area contributed by atoms with Crippen LogP contribution in [-0.4, -0.2) is 32.8 Å². The molecule has 0 fully saturated rings. The van der Waals surface area contributed by atoms with Crippen molar-refractivity contribution in [3.05, 3.63) is 35.9 Å². The number of allylic oxidation sites excluding steroid dienone is 2. The van der Waals surface area contributed by atoms with Crippen molar-refractivity contribution >= 4 is 38.3 Å². The number of rotatable bonds is 20. The molecule has 0 saturated carbocycles. The van der Waals surface area contributed by atoms with Crippen LogP contribution in [0.1, 0.15) is 86.5 Å². The second-order valence-electron chi connectivity index (χ2n) is 9.65. The van der Waals surface area contributed by atoms with E-state index in [4.69, 9.17) is 16.0 Å². The standard InChI is InChI=1S/C15H26ClOSi.3C4H9.Sn/c1-7-18(8-2,9-3)17-15(12-13(4)5)11-10-14(6)16;3*1-3-4-2;/h10-11,15H,4-9,12H2,1-3H3;3*1,3-4H2,2H3;/b11-10+;;;;/t15-;;;;/m1..../s1. The van der Waals surface area contributed by atoms with Crippen molar-refractivity contribution in [3.8, 4) is 0 Å². The molecule has 0 aromatic heterocycles. The second-order valence-corrected chi connectivity index (χ2v) is 28.7. The Morgan fingerprint density at radius 3 is 1.68 bits per heavy atom. The topological polar surface area (TPSA) is 9.23 Å². The third-order valence-corrected chi connectivity index (χ3v) is 27.6. The molecule has 31 heavy (non-hydrogen) atoms. The molecule has 0 aliphatic rings. The van der Waals surface area contributed by atoms with E-state index in [0.29, 0.717) is 5.03 Å². The summed E-state index contributed by atoms with van der Waals surface area (Å²) in [6, 6.07) is 3.52. The molecule has 0 amide bonds. The summed E-state index contributed by atoms with van der Waals surface area (Å²) in [7, 11) is -1.69. The van der Waals surface area contributed by atoms with Gasteiger partial charge in [0.2, 0.25) is 0 Å². The van der Waals surface area contributed by atoms with E-state index < -0.39 is 26.7 Å². The minimum absolute atomic E-state index is 0.0991. The fourth-order valence-corrected chi connectivity index (χ4v) is 24.3. The van der Waals surface area contributed by atoms with Crippen molar-refractivity contribution in [3.63, 3.8) is 0 Å². The van der Waals surface area contributed by atoms with Gasteiger partial charge in [0, 0.05) is 0 Å². The van der Waals surface area contributed by atoms with Crippen LogP contribution in [0.5, 0.6) is 0 Å². The zero-order chi connectivity index (χ0) is 23.8.